The standard InChI is InChI=1S/C25H32Cl2F4N2O2/c1-6-8-17(27)11-18(28)12-24(32)19(13-23(3,4)5)33-21(22(34)35)20(24)15(7-2)9-10-16(14-26)25(29,30)31/h6-11,14,19-21,33H,1,12-13,32H2,2-5H3,(H,34,35)/b10-9-,15-7+,16-14-,17-8+,18-11+/t19-,20-,21+,24?/m0/s1. The molecule has 0 aromatic heterocycles. The van der Waals surface area contributed by atoms with Crippen molar-refractivity contribution in [3.63, 3.8) is 0 Å². The summed E-state index contributed by atoms with van der Waals surface area (Å²) in [7, 11) is 0. The molecule has 0 saturated carbocycles. The molecule has 1 aliphatic rings. The Morgan fingerprint density at radius 2 is 1.86 bits per heavy atom. The van der Waals surface area contributed by atoms with Crippen molar-refractivity contribution in [3.8, 4) is 0 Å². The number of alkyl halides is 3. The van der Waals surface area contributed by atoms with Crippen LogP contribution in [-0.4, -0.2) is 34.9 Å². The summed E-state index contributed by atoms with van der Waals surface area (Å²) in [4.78, 5) is 12.2. The monoisotopic (exact) mass is 538 g/mol. The molecule has 1 saturated heterocycles. The third kappa shape index (κ3) is 8.63. The summed E-state index contributed by atoms with van der Waals surface area (Å²) in [5, 5.41) is 13.0. The Kier molecular flexibility index (Phi) is 11.0. The highest BCUT2D eigenvalue weighted by molar-refractivity contribution is 6.31. The molecule has 1 aliphatic heterocycles. The minimum absolute atomic E-state index is 0.0546. The van der Waals surface area contributed by atoms with Crippen LogP contribution in [0.1, 0.15) is 40.5 Å². The van der Waals surface area contributed by atoms with Crippen molar-refractivity contribution in [1.29, 1.82) is 0 Å². The van der Waals surface area contributed by atoms with Gasteiger partial charge in [-0.2, -0.15) is 13.2 Å². The van der Waals surface area contributed by atoms with Crippen molar-refractivity contribution in [2.45, 2.75) is 64.3 Å². The van der Waals surface area contributed by atoms with Gasteiger partial charge in [-0.1, -0.05) is 68.8 Å². The number of allylic oxidation sites excluding steroid dienone is 8. The molecule has 0 aliphatic carbocycles. The molecule has 0 aromatic rings. The molecule has 1 unspecified atom stereocenters. The smallest absolute Gasteiger partial charge is 0.417 e. The molecular formula is C25H32Cl2F4N2O2. The highest BCUT2D eigenvalue weighted by Crippen LogP contribution is 2.44. The van der Waals surface area contributed by atoms with E-state index in [4.69, 9.17) is 28.9 Å². The number of aliphatic carboxylic acids is 1. The number of rotatable bonds is 9. The molecular weight excluding hydrogens is 507 g/mol. The fraction of sp³-hybridized carbons (Fsp3) is 0.480. The Labute approximate surface area is 213 Å². The fourth-order valence-electron chi connectivity index (χ4n) is 4.22. The van der Waals surface area contributed by atoms with Gasteiger partial charge in [0.15, 0.2) is 0 Å². The molecule has 4 N–H and O–H groups in total. The third-order valence-corrected chi connectivity index (χ3v) is 6.13. The van der Waals surface area contributed by atoms with Crippen LogP contribution in [0.15, 0.2) is 70.6 Å². The Bertz CT molecular complexity index is 946. The normalized spacial score (nSPS) is 27.6. The van der Waals surface area contributed by atoms with Crippen LogP contribution in [0.25, 0.3) is 0 Å². The van der Waals surface area contributed by atoms with E-state index in [1.54, 1.807) is 6.92 Å². The molecule has 1 heterocycles. The van der Waals surface area contributed by atoms with Crippen molar-refractivity contribution >= 4 is 29.2 Å². The van der Waals surface area contributed by atoms with E-state index in [2.05, 4.69) is 11.9 Å². The van der Waals surface area contributed by atoms with E-state index >= 15 is 4.39 Å². The van der Waals surface area contributed by atoms with Gasteiger partial charge in [-0.25, -0.2) is 4.39 Å². The van der Waals surface area contributed by atoms with Gasteiger partial charge in [0.1, 0.15) is 11.9 Å². The first-order valence-electron chi connectivity index (χ1n) is 10.8. The zero-order valence-corrected chi connectivity index (χ0v) is 21.6. The van der Waals surface area contributed by atoms with Crippen LogP contribution in [-0.2, 0) is 4.79 Å². The predicted molar refractivity (Wildman–Crippen MR) is 134 cm³/mol. The van der Waals surface area contributed by atoms with Gasteiger partial charge in [0, 0.05) is 34.5 Å². The second-order valence-corrected chi connectivity index (χ2v) is 10.3. The van der Waals surface area contributed by atoms with Gasteiger partial charge >= 0.3 is 12.1 Å². The van der Waals surface area contributed by atoms with E-state index < -0.39 is 53.5 Å². The second kappa shape index (κ2) is 12.4. The first kappa shape index (κ1) is 31.2. The first-order chi connectivity index (χ1) is 16.0. The van der Waals surface area contributed by atoms with Crippen LogP contribution in [0.2, 0.25) is 0 Å². The number of carboxylic acid groups (broad SMARTS) is 1. The molecule has 0 aromatic carbocycles. The van der Waals surface area contributed by atoms with Crippen LogP contribution in [0.5, 0.6) is 0 Å². The van der Waals surface area contributed by atoms with Crippen molar-refractivity contribution in [2.24, 2.45) is 17.1 Å². The SMILES string of the molecule is C=C/C=C(Cl)\C=C(\F)CC1(N)[C@H](CC(C)(C)C)N[C@@H](C(=O)O)[C@@H]1C(/C=C\C(=C\Cl)C(F)(F)F)=C/C. The van der Waals surface area contributed by atoms with Gasteiger partial charge in [-0.05, 0) is 42.6 Å². The first-order valence-corrected chi connectivity index (χ1v) is 11.7. The quantitative estimate of drug-likeness (QED) is 0.220. The lowest BCUT2D eigenvalue weighted by Crippen LogP contribution is -2.55. The van der Waals surface area contributed by atoms with Gasteiger partial charge < -0.3 is 10.8 Å². The number of carbonyl (C=O) groups is 1. The molecule has 35 heavy (non-hydrogen) atoms. The van der Waals surface area contributed by atoms with Gasteiger partial charge in [0.05, 0.1) is 5.57 Å². The number of carboxylic acids is 1. The maximum absolute atomic E-state index is 15.1. The zero-order chi connectivity index (χ0) is 27.2. The van der Waals surface area contributed by atoms with E-state index in [9.17, 15) is 23.1 Å². The summed E-state index contributed by atoms with van der Waals surface area (Å²) >= 11 is 11.3. The average Bonchev–Trinajstić information content (AvgIpc) is 2.95. The van der Waals surface area contributed by atoms with Crippen LogP contribution in [0, 0.1) is 11.3 Å². The Morgan fingerprint density at radius 1 is 1.26 bits per heavy atom. The van der Waals surface area contributed by atoms with Crippen LogP contribution >= 0.6 is 23.2 Å². The van der Waals surface area contributed by atoms with E-state index in [-0.39, 0.29) is 16.0 Å². The lowest BCUT2D eigenvalue weighted by molar-refractivity contribution is -0.140. The molecule has 0 amide bonds. The topological polar surface area (TPSA) is 75.3 Å². The van der Waals surface area contributed by atoms with E-state index in [0.29, 0.717) is 12.0 Å². The molecule has 196 valence electrons. The Morgan fingerprint density at radius 3 is 2.29 bits per heavy atom. The summed E-state index contributed by atoms with van der Waals surface area (Å²) in [6.07, 6.45) is 2.40. The van der Waals surface area contributed by atoms with Crippen molar-refractivity contribution in [2.75, 3.05) is 0 Å². The van der Waals surface area contributed by atoms with Gasteiger partial charge in [0.25, 0.3) is 0 Å². The molecule has 4 atom stereocenters. The summed E-state index contributed by atoms with van der Waals surface area (Å²) in [6, 6.07) is -1.95. The minimum atomic E-state index is -4.71. The van der Waals surface area contributed by atoms with Crippen LogP contribution < -0.4 is 11.1 Å². The number of hydrogen-bond donors (Lipinski definition) is 3. The van der Waals surface area contributed by atoms with E-state index in [1.807, 2.05) is 20.8 Å². The summed E-state index contributed by atoms with van der Waals surface area (Å²) in [6.45, 7) is 10.8. The van der Waals surface area contributed by atoms with Gasteiger partial charge in [-0.3, -0.25) is 10.1 Å². The zero-order valence-electron chi connectivity index (χ0n) is 20.1. The van der Waals surface area contributed by atoms with Gasteiger partial charge in [-0.15, -0.1) is 0 Å². The van der Waals surface area contributed by atoms with E-state index in [1.165, 1.54) is 18.2 Å². The summed E-state index contributed by atoms with van der Waals surface area (Å²) in [5.41, 5.74) is 4.43. The lowest BCUT2D eigenvalue weighted by Gasteiger charge is -2.39. The summed E-state index contributed by atoms with van der Waals surface area (Å²) < 4.78 is 54.6. The maximum atomic E-state index is 15.1. The maximum Gasteiger partial charge on any atom is 0.417 e. The summed E-state index contributed by atoms with van der Waals surface area (Å²) in [5.74, 6) is -3.03. The number of halogens is 6. The molecule has 0 radical (unpaired) electrons. The largest absolute Gasteiger partial charge is 0.480 e. The van der Waals surface area contributed by atoms with Crippen molar-refractivity contribution < 1.29 is 27.5 Å². The number of nitrogens with one attached hydrogen (secondary N) is 1. The van der Waals surface area contributed by atoms with E-state index in [0.717, 1.165) is 18.2 Å². The van der Waals surface area contributed by atoms with Crippen LogP contribution in [0.4, 0.5) is 17.6 Å². The fourth-order valence-corrected chi connectivity index (χ4v) is 4.62. The minimum Gasteiger partial charge on any atom is -0.480 e. The number of nitrogens with two attached hydrogens (primary N) is 1. The molecule has 1 rings (SSSR count). The van der Waals surface area contributed by atoms with Crippen molar-refractivity contribution in [3.05, 3.63) is 70.6 Å². The van der Waals surface area contributed by atoms with Crippen molar-refractivity contribution in [1.82, 2.24) is 5.32 Å². The molecule has 10 heteroatoms. The highest BCUT2D eigenvalue weighted by Gasteiger charge is 2.56. The molecule has 4 nitrogen and oxygen atoms in total. The molecule has 0 bridgehead atoms. The molecule has 0 spiro atoms. The Balaban J connectivity index is 3.67. The highest BCUT2D eigenvalue weighted by atomic mass is 35.5. The van der Waals surface area contributed by atoms with Gasteiger partial charge in [0.2, 0.25) is 0 Å². The predicted octanol–water partition coefficient (Wildman–Crippen LogP) is 6.90. The average molecular weight is 539 g/mol. The molecule has 1 fully saturated rings. The second-order valence-electron chi connectivity index (χ2n) is 9.63. The lowest BCUT2D eigenvalue weighted by atomic mass is 9.70. The third-order valence-electron chi connectivity index (χ3n) is 5.66. The Hall–Kier alpha value is -1.87. The number of hydrogen-bond acceptors (Lipinski definition) is 3. The van der Waals surface area contributed by atoms with Crippen LogP contribution in [0.3, 0.4) is 0 Å².